The number of anilines is 1. The number of nitrogens with zero attached hydrogens (tertiary/aromatic N) is 4. The van der Waals surface area contributed by atoms with Gasteiger partial charge in [-0.3, -0.25) is 4.98 Å². The van der Waals surface area contributed by atoms with E-state index in [4.69, 9.17) is 14.5 Å². The number of pyridine rings is 3. The highest BCUT2D eigenvalue weighted by Crippen LogP contribution is 2.45. The van der Waals surface area contributed by atoms with Gasteiger partial charge in [-0.05, 0) is 95.0 Å². The van der Waals surface area contributed by atoms with Crippen LogP contribution >= 0.6 is 0 Å². The highest BCUT2D eigenvalue weighted by molar-refractivity contribution is 6.01. The van der Waals surface area contributed by atoms with Crippen LogP contribution in [0.4, 0.5) is 10.2 Å². The Morgan fingerprint density at radius 3 is 2.67 bits per heavy atom. The van der Waals surface area contributed by atoms with Gasteiger partial charge in [0.2, 0.25) is 0 Å². The molecule has 10 heteroatoms. The van der Waals surface area contributed by atoms with Crippen LogP contribution in [-0.2, 0) is 29.5 Å². The van der Waals surface area contributed by atoms with Crippen molar-refractivity contribution >= 4 is 22.8 Å². The molecule has 0 spiro atoms. The first kappa shape index (κ1) is 31.2. The number of aryl methyl sites for hydroxylation is 2. The second-order valence-electron chi connectivity index (χ2n) is 12.7. The van der Waals surface area contributed by atoms with Crippen molar-refractivity contribution in [3.63, 3.8) is 0 Å². The molecule has 1 aliphatic heterocycles. The molecule has 0 saturated carbocycles. The predicted molar refractivity (Wildman–Crippen MR) is 175 cm³/mol. The fraction of sp³-hybridized carbons (Fsp3) is 0.333. The van der Waals surface area contributed by atoms with E-state index in [1.54, 1.807) is 19.3 Å². The minimum atomic E-state index is -1.34. The zero-order valence-corrected chi connectivity index (χ0v) is 26.9. The highest BCUT2D eigenvalue weighted by atomic mass is 19.1. The van der Waals surface area contributed by atoms with E-state index in [-0.39, 0.29) is 5.75 Å². The van der Waals surface area contributed by atoms with Crippen molar-refractivity contribution in [1.29, 1.82) is 0 Å². The number of hydrogen-bond acceptors (Lipinski definition) is 7. The van der Waals surface area contributed by atoms with Crippen LogP contribution in [0.1, 0.15) is 61.4 Å². The van der Waals surface area contributed by atoms with E-state index in [1.165, 1.54) is 6.07 Å². The van der Waals surface area contributed by atoms with Crippen molar-refractivity contribution in [2.24, 2.45) is 7.05 Å². The summed E-state index contributed by atoms with van der Waals surface area (Å²) < 4.78 is 29.6. The summed E-state index contributed by atoms with van der Waals surface area (Å²) in [5.41, 5.74) is 6.18. The van der Waals surface area contributed by atoms with E-state index in [2.05, 4.69) is 15.3 Å². The molecule has 0 radical (unpaired) electrons. The first-order valence-electron chi connectivity index (χ1n) is 15.4. The fourth-order valence-electron chi connectivity index (χ4n) is 6.23. The van der Waals surface area contributed by atoms with Crippen molar-refractivity contribution in [3.05, 3.63) is 88.8 Å². The molecule has 5 heterocycles. The van der Waals surface area contributed by atoms with Gasteiger partial charge in [-0.15, -0.1) is 0 Å². The average molecular weight is 624 g/mol. The van der Waals surface area contributed by atoms with Crippen LogP contribution in [0.5, 0.6) is 5.75 Å². The van der Waals surface area contributed by atoms with E-state index in [1.807, 2.05) is 75.7 Å². The normalized spacial score (nSPS) is 13.7. The van der Waals surface area contributed by atoms with Crippen LogP contribution in [-0.4, -0.2) is 42.8 Å². The van der Waals surface area contributed by atoms with E-state index in [0.717, 1.165) is 40.3 Å². The summed E-state index contributed by atoms with van der Waals surface area (Å²) in [4.78, 5) is 26.7. The first-order valence-corrected chi connectivity index (χ1v) is 15.4. The zero-order chi connectivity index (χ0) is 32.7. The largest absolute Gasteiger partial charge is 0.490 e. The Kier molecular flexibility index (Phi) is 8.24. The van der Waals surface area contributed by atoms with E-state index < -0.39 is 23.5 Å². The molecule has 6 rings (SSSR count). The number of rotatable bonds is 8. The second kappa shape index (κ2) is 12.2. The van der Waals surface area contributed by atoms with Crippen LogP contribution < -0.4 is 10.1 Å². The third-order valence-electron chi connectivity index (χ3n) is 8.29. The van der Waals surface area contributed by atoms with Crippen LogP contribution in [0.2, 0.25) is 0 Å². The molecule has 9 nitrogen and oxygen atoms in total. The third kappa shape index (κ3) is 5.92. The van der Waals surface area contributed by atoms with Gasteiger partial charge in [0.15, 0.2) is 17.7 Å². The summed E-state index contributed by atoms with van der Waals surface area (Å²) in [5.74, 6) is -0.591. The molecule has 0 saturated heterocycles. The lowest BCUT2D eigenvalue weighted by Gasteiger charge is -2.29. The van der Waals surface area contributed by atoms with E-state index in [9.17, 15) is 9.90 Å². The van der Waals surface area contributed by atoms with Crippen LogP contribution in [0, 0.1) is 19.7 Å². The van der Waals surface area contributed by atoms with Gasteiger partial charge in [0.05, 0.1) is 30.1 Å². The van der Waals surface area contributed by atoms with Crippen LogP contribution in [0.25, 0.3) is 33.4 Å². The highest BCUT2D eigenvalue weighted by Gasteiger charge is 2.34. The van der Waals surface area contributed by atoms with Crippen LogP contribution in [0.15, 0.2) is 54.9 Å². The molecule has 1 atom stereocenters. The van der Waals surface area contributed by atoms with Gasteiger partial charge in [0, 0.05) is 52.8 Å². The number of carbonyl (C=O) groups is 1. The summed E-state index contributed by atoms with van der Waals surface area (Å²) >= 11 is 0. The molecule has 0 unspecified atom stereocenters. The predicted octanol–water partition coefficient (Wildman–Crippen LogP) is 7.33. The zero-order valence-electron chi connectivity index (χ0n) is 26.9. The number of halogens is 1. The van der Waals surface area contributed by atoms with Crippen molar-refractivity contribution in [2.75, 3.05) is 11.9 Å². The molecule has 238 valence electrons. The molecule has 1 aliphatic rings. The third-order valence-corrected chi connectivity index (χ3v) is 8.29. The Morgan fingerprint density at radius 2 is 1.96 bits per heavy atom. The van der Waals surface area contributed by atoms with Gasteiger partial charge in [0.1, 0.15) is 11.5 Å². The van der Waals surface area contributed by atoms with Gasteiger partial charge in [-0.25, -0.2) is 19.2 Å². The van der Waals surface area contributed by atoms with Crippen molar-refractivity contribution in [2.45, 2.75) is 65.7 Å². The van der Waals surface area contributed by atoms with Gasteiger partial charge >= 0.3 is 5.97 Å². The summed E-state index contributed by atoms with van der Waals surface area (Å²) in [5, 5.41) is 14.5. The van der Waals surface area contributed by atoms with Crippen LogP contribution in [0.3, 0.4) is 0 Å². The topological polar surface area (TPSA) is 111 Å². The van der Waals surface area contributed by atoms with E-state index in [0.29, 0.717) is 53.0 Å². The lowest BCUT2D eigenvalue weighted by Crippen LogP contribution is -2.28. The maximum absolute atomic E-state index is 15.7. The Hall–Kier alpha value is -4.83. The number of aromatic nitrogens is 4. The first-order chi connectivity index (χ1) is 21.9. The molecule has 0 amide bonds. The minimum Gasteiger partial charge on any atom is -0.490 e. The quantitative estimate of drug-likeness (QED) is 0.185. The lowest BCUT2D eigenvalue weighted by molar-refractivity contribution is -0.160. The Balaban J connectivity index is 1.57. The number of aliphatic carboxylic acids is 1. The second-order valence-corrected chi connectivity index (χ2v) is 12.7. The van der Waals surface area contributed by atoms with Gasteiger partial charge < -0.3 is 24.5 Å². The summed E-state index contributed by atoms with van der Waals surface area (Å²) in [6.07, 6.45) is 3.59. The molecule has 46 heavy (non-hydrogen) atoms. The SMILES string of the molecule is Cc1nc2c(cc(-c3ccnc(CNc4ccccn4)c3)n2C)c(-c2cc(F)c3c(c2C)CCCO3)c1[C@H](OC(C)(C)C)C(=O)O. The molecule has 0 bridgehead atoms. The molecule has 0 aliphatic carbocycles. The number of benzene rings is 1. The van der Waals surface area contributed by atoms with Crippen molar-refractivity contribution in [3.8, 4) is 28.1 Å². The monoisotopic (exact) mass is 623 g/mol. The Labute approximate surface area is 267 Å². The number of carboxylic acids is 1. The standard InChI is InChI=1S/C36H38FN5O4/c1-20-24-10-9-15-45-32(24)27(37)17-25(20)31-26-18-28(22-12-14-38-23(16-22)19-40-29-11-7-8-13-39-29)42(6)34(26)41-21(2)30(31)33(35(43)44)46-36(3,4)5/h7-8,11-14,16-18,33H,9-10,15,19H2,1-6H3,(H,39,40)(H,43,44)/t33-/m0/s1. The minimum absolute atomic E-state index is 0.272. The molecular formula is C36H38FN5O4. The van der Waals surface area contributed by atoms with Gasteiger partial charge in [0.25, 0.3) is 0 Å². The molecule has 0 fully saturated rings. The summed E-state index contributed by atoms with van der Waals surface area (Å²) in [7, 11) is 1.92. The summed E-state index contributed by atoms with van der Waals surface area (Å²) in [6.45, 7) is 10.1. The van der Waals surface area contributed by atoms with Crippen molar-refractivity contribution < 1.29 is 23.8 Å². The Morgan fingerprint density at radius 1 is 1.15 bits per heavy atom. The molecule has 5 aromatic rings. The fourth-order valence-corrected chi connectivity index (χ4v) is 6.23. The maximum Gasteiger partial charge on any atom is 0.337 e. The molecule has 2 N–H and O–H groups in total. The number of ether oxygens (including phenoxy) is 2. The maximum atomic E-state index is 15.7. The Bertz CT molecular complexity index is 1950. The lowest BCUT2D eigenvalue weighted by atomic mass is 9.86. The average Bonchev–Trinajstić information content (AvgIpc) is 3.36. The van der Waals surface area contributed by atoms with Crippen molar-refractivity contribution in [1.82, 2.24) is 19.5 Å². The van der Waals surface area contributed by atoms with Gasteiger partial charge in [-0.2, -0.15) is 0 Å². The molecular weight excluding hydrogens is 585 g/mol. The van der Waals surface area contributed by atoms with Gasteiger partial charge in [-0.1, -0.05) is 6.07 Å². The molecule has 4 aromatic heterocycles. The number of carboxylic acid groups (broad SMARTS) is 1. The smallest absolute Gasteiger partial charge is 0.337 e. The summed E-state index contributed by atoms with van der Waals surface area (Å²) in [6, 6.07) is 13.1. The van der Waals surface area contributed by atoms with E-state index >= 15 is 4.39 Å². The number of hydrogen-bond donors (Lipinski definition) is 2. The number of nitrogens with one attached hydrogen (secondary N) is 1. The number of fused-ring (bicyclic) bond motifs is 2. The molecule has 1 aromatic carbocycles.